The highest BCUT2D eigenvalue weighted by Crippen LogP contribution is 2.34. The van der Waals surface area contributed by atoms with Gasteiger partial charge in [-0.05, 0) is 46.9 Å². The van der Waals surface area contributed by atoms with Crippen LogP contribution in [-0.2, 0) is 7.05 Å². The molecule has 0 spiro atoms. The number of fused-ring (bicyclic) bond motifs is 1. The van der Waals surface area contributed by atoms with E-state index in [1.165, 1.54) is 11.3 Å². The average Bonchev–Trinajstić information content (AvgIpc) is 2.91. The normalized spacial score (nSPS) is 11.8. The molecule has 3 rings (SSSR count). The van der Waals surface area contributed by atoms with Gasteiger partial charge in [0.05, 0.1) is 19.8 Å². The van der Waals surface area contributed by atoms with E-state index in [4.69, 9.17) is 9.47 Å². The maximum Gasteiger partial charge on any atom is 0.280 e. The lowest BCUT2D eigenvalue weighted by Gasteiger charge is -2.06. The van der Waals surface area contributed by atoms with E-state index >= 15 is 0 Å². The molecule has 124 valence electrons. The van der Waals surface area contributed by atoms with E-state index in [2.05, 4.69) is 27.6 Å². The number of hydrogen-bond donors (Lipinski definition) is 0. The second-order valence-electron chi connectivity index (χ2n) is 4.99. The maximum absolute atomic E-state index is 12.5. The molecular weight excluding hydrogens is 439 g/mol. The average molecular weight is 454 g/mol. The number of amides is 1. The number of aromatic nitrogens is 1. The van der Waals surface area contributed by atoms with Crippen LogP contribution in [0.1, 0.15) is 10.4 Å². The zero-order valence-electron chi connectivity index (χ0n) is 13.4. The molecule has 0 bridgehead atoms. The van der Waals surface area contributed by atoms with Crippen LogP contribution in [0.25, 0.3) is 10.2 Å². The molecule has 0 fully saturated rings. The molecule has 1 heterocycles. The fraction of sp³-hybridized carbons (Fsp3) is 0.176. The standard InChI is InChI=1S/C17H15IN2O3S/c1-20-14-12(22-2)8-9-13(23-3)15(14)24-17(20)19-16(21)10-6-4-5-7-11(10)18/h4-9H,1-3H3. The summed E-state index contributed by atoms with van der Waals surface area (Å²) >= 11 is 3.54. The summed E-state index contributed by atoms with van der Waals surface area (Å²) in [5, 5.41) is 0. The highest BCUT2D eigenvalue weighted by Gasteiger charge is 2.15. The van der Waals surface area contributed by atoms with Crippen molar-refractivity contribution in [2.45, 2.75) is 0 Å². The van der Waals surface area contributed by atoms with Crippen LogP contribution >= 0.6 is 33.9 Å². The molecule has 7 heteroatoms. The molecule has 0 aliphatic rings. The van der Waals surface area contributed by atoms with Crippen molar-refractivity contribution in [3.05, 3.63) is 50.3 Å². The van der Waals surface area contributed by atoms with E-state index in [-0.39, 0.29) is 5.91 Å². The Morgan fingerprint density at radius 1 is 1.12 bits per heavy atom. The molecule has 0 unspecified atom stereocenters. The summed E-state index contributed by atoms with van der Waals surface area (Å²) in [5.41, 5.74) is 1.45. The van der Waals surface area contributed by atoms with Crippen molar-refractivity contribution in [1.29, 1.82) is 0 Å². The minimum Gasteiger partial charge on any atom is -0.495 e. The third kappa shape index (κ3) is 2.93. The van der Waals surface area contributed by atoms with Gasteiger partial charge < -0.3 is 14.0 Å². The van der Waals surface area contributed by atoms with Gasteiger partial charge >= 0.3 is 0 Å². The smallest absolute Gasteiger partial charge is 0.280 e. The molecule has 0 radical (unpaired) electrons. The maximum atomic E-state index is 12.5. The van der Waals surface area contributed by atoms with Gasteiger partial charge in [0.15, 0.2) is 4.80 Å². The third-order valence-corrected chi connectivity index (χ3v) is 5.70. The zero-order chi connectivity index (χ0) is 17.3. The predicted octanol–water partition coefficient (Wildman–Crippen LogP) is 3.60. The second kappa shape index (κ2) is 6.94. The monoisotopic (exact) mass is 454 g/mol. The van der Waals surface area contributed by atoms with E-state index in [1.54, 1.807) is 20.3 Å². The summed E-state index contributed by atoms with van der Waals surface area (Å²) in [6.45, 7) is 0. The van der Waals surface area contributed by atoms with Gasteiger partial charge in [-0.15, -0.1) is 0 Å². The molecule has 1 amide bonds. The summed E-state index contributed by atoms with van der Waals surface area (Å²) in [6.07, 6.45) is 0. The molecule has 0 aliphatic carbocycles. The number of ether oxygens (including phenoxy) is 2. The molecule has 3 aromatic rings. The van der Waals surface area contributed by atoms with Gasteiger partial charge in [-0.2, -0.15) is 4.99 Å². The van der Waals surface area contributed by atoms with E-state index in [9.17, 15) is 4.79 Å². The zero-order valence-corrected chi connectivity index (χ0v) is 16.3. The third-order valence-electron chi connectivity index (χ3n) is 3.62. The van der Waals surface area contributed by atoms with Crippen molar-refractivity contribution in [2.75, 3.05) is 14.2 Å². The van der Waals surface area contributed by atoms with Gasteiger partial charge in [0.2, 0.25) is 0 Å². The van der Waals surface area contributed by atoms with E-state index in [0.29, 0.717) is 16.1 Å². The minimum atomic E-state index is -0.264. The summed E-state index contributed by atoms with van der Waals surface area (Å²) < 4.78 is 14.5. The van der Waals surface area contributed by atoms with Crippen LogP contribution in [0.15, 0.2) is 41.4 Å². The Hall–Kier alpha value is -1.87. The van der Waals surface area contributed by atoms with Gasteiger partial charge in [-0.25, -0.2) is 0 Å². The van der Waals surface area contributed by atoms with Crippen LogP contribution in [0, 0.1) is 3.57 Å². The molecule has 2 aromatic carbocycles. The molecule has 0 saturated heterocycles. The number of methoxy groups -OCH3 is 2. The minimum absolute atomic E-state index is 0.264. The number of rotatable bonds is 3. The number of benzene rings is 2. The van der Waals surface area contributed by atoms with Crippen LogP contribution in [0.3, 0.4) is 0 Å². The molecular formula is C17H15IN2O3S. The summed E-state index contributed by atoms with van der Waals surface area (Å²) in [4.78, 5) is 17.4. The lowest BCUT2D eigenvalue weighted by atomic mass is 10.2. The highest BCUT2D eigenvalue weighted by atomic mass is 127. The molecule has 0 saturated carbocycles. The number of hydrogen-bond acceptors (Lipinski definition) is 4. The summed E-state index contributed by atoms with van der Waals surface area (Å²) in [7, 11) is 5.10. The first-order valence-electron chi connectivity index (χ1n) is 7.11. The fourth-order valence-electron chi connectivity index (χ4n) is 2.41. The van der Waals surface area contributed by atoms with Gasteiger partial charge in [-0.3, -0.25) is 4.79 Å². The first-order chi connectivity index (χ1) is 11.6. The summed E-state index contributed by atoms with van der Waals surface area (Å²) in [5.74, 6) is 1.18. The Kier molecular flexibility index (Phi) is 4.91. The van der Waals surface area contributed by atoms with E-state index in [1.807, 2.05) is 41.9 Å². The van der Waals surface area contributed by atoms with Crippen molar-refractivity contribution in [1.82, 2.24) is 4.57 Å². The summed E-state index contributed by atoms with van der Waals surface area (Å²) in [6, 6.07) is 11.1. The lowest BCUT2D eigenvalue weighted by Crippen LogP contribution is -2.14. The fourth-order valence-corrected chi connectivity index (χ4v) is 4.15. The quantitative estimate of drug-likeness (QED) is 0.569. The number of nitrogens with zero attached hydrogens (tertiary/aromatic N) is 2. The number of halogens is 1. The van der Waals surface area contributed by atoms with Crippen LogP contribution in [-0.4, -0.2) is 24.7 Å². The van der Waals surface area contributed by atoms with Gasteiger partial charge in [0.25, 0.3) is 5.91 Å². The lowest BCUT2D eigenvalue weighted by molar-refractivity contribution is 0.0997. The van der Waals surface area contributed by atoms with Crippen molar-refractivity contribution in [3.63, 3.8) is 0 Å². The van der Waals surface area contributed by atoms with Gasteiger partial charge in [-0.1, -0.05) is 23.5 Å². The number of carbonyl (C=O) groups excluding carboxylic acids is 1. The molecule has 1 aromatic heterocycles. The number of carbonyl (C=O) groups is 1. The molecule has 0 aliphatic heterocycles. The molecule has 0 atom stereocenters. The second-order valence-corrected chi connectivity index (χ2v) is 7.13. The first-order valence-corrected chi connectivity index (χ1v) is 9.00. The SMILES string of the molecule is COc1ccc(OC)c2c1sc(=NC(=O)c1ccccc1I)n2C. The van der Waals surface area contributed by atoms with Crippen LogP contribution in [0.2, 0.25) is 0 Å². The van der Waals surface area contributed by atoms with Crippen molar-refractivity contribution < 1.29 is 14.3 Å². The van der Waals surface area contributed by atoms with Crippen molar-refractivity contribution >= 4 is 50.1 Å². The van der Waals surface area contributed by atoms with Crippen LogP contribution in [0.4, 0.5) is 0 Å². The number of aryl methyl sites for hydroxylation is 1. The van der Waals surface area contributed by atoms with Crippen molar-refractivity contribution in [2.24, 2.45) is 12.0 Å². The first kappa shape index (κ1) is 17.0. The topological polar surface area (TPSA) is 52.8 Å². The van der Waals surface area contributed by atoms with Crippen LogP contribution < -0.4 is 14.3 Å². The molecule has 5 nitrogen and oxygen atoms in total. The van der Waals surface area contributed by atoms with Gasteiger partial charge in [0.1, 0.15) is 21.7 Å². The van der Waals surface area contributed by atoms with Crippen LogP contribution in [0.5, 0.6) is 11.5 Å². The predicted molar refractivity (Wildman–Crippen MR) is 103 cm³/mol. The van der Waals surface area contributed by atoms with E-state index in [0.717, 1.165) is 19.5 Å². The largest absolute Gasteiger partial charge is 0.495 e. The highest BCUT2D eigenvalue weighted by molar-refractivity contribution is 14.1. The van der Waals surface area contributed by atoms with Gasteiger partial charge in [0, 0.05) is 10.6 Å². The Morgan fingerprint density at radius 2 is 1.79 bits per heavy atom. The molecule has 24 heavy (non-hydrogen) atoms. The van der Waals surface area contributed by atoms with E-state index < -0.39 is 0 Å². The Labute approximate surface area is 156 Å². The molecule has 0 N–H and O–H groups in total. The Morgan fingerprint density at radius 3 is 2.46 bits per heavy atom. The number of thiazole rings is 1. The van der Waals surface area contributed by atoms with Crippen molar-refractivity contribution in [3.8, 4) is 11.5 Å². The Balaban J connectivity index is 2.22. The Bertz CT molecular complexity index is 991.